The summed E-state index contributed by atoms with van der Waals surface area (Å²) in [6, 6.07) is 15.4. The fourth-order valence-electron chi connectivity index (χ4n) is 3.03. The number of amides is 1. The van der Waals surface area contributed by atoms with Crippen molar-refractivity contribution >= 4 is 23.4 Å². The number of nitrogens with one attached hydrogen (secondary N) is 1. The van der Waals surface area contributed by atoms with E-state index in [0.717, 1.165) is 22.6 Å². The lowest BCUT2D eigenvalue weighted by Gasteiger charge is -2.10. The normalized spacial score (nSPS) is 10.9. The Morgan fingerprint density at radius 1 is 1.13 bits per heavy atom. The van der Waals surface area contributed by atoms with Crippen LogP contribution in [0.4, 0.5) is 5.69 Å². The summed E-state index contributed by atoms with van der Waals surface area (Å²) in [5.74, 6) is 2.16. The summed E-state index contributed by atoms with van der Waals surface area (Å²) in [5, 5.41) is 16.1. The van der Waals surface area contributed by atoms with Crippen LogP contribution in [0.5, 0.6) is 0 Å². The van der Waals surface area contributed by atoms with Gasteiger partial charge in [-0.1, -0.05) is 47.3 Å². The molecule has 30 heavy (non-hydrogen) atoms. The van der Waals surface area contributed by atoms with Gasteiger partial charge in [-0.3, -0.25) is 9.36 Å². The van der Waals surface area contributed by atoms with Gasteiger partial charge in [0.15, 0.2) is 5.16 Å². The molecule has 0 saturated carbocycles. The number of rotatable bonds is 6. The molecule has 0 atom stereocenters. The largest absolute Gasteiger partial charge is 0.338 e. The van der Waals surface area contributed by atoms with Crippen LogP contribution < -0.4 is 5.32 Å². The Labute approximate surface area is 177 Å². The molecule has 4 aromatic rings. The first-order valence-corrected chi connectivity index (χ1v) is 10.3. The summed E-state index contributed by atoms with van der Waals surface area (Å²) in [6.07, 6.45) is 0. The fourth-order valence-corrected chi connectivity index (χ4v) is 3.87. The molecule has 0 spiro atoms. The second kappa shape index (κ2) is 8.50. The third kappa shape index (κ3) is 4.25. The number of carbonyl (C=O) groups excluding carboxylic acids is 1. The number of benzene rings is 2. The monoisotopic (exact) mass is 420 g/mol. The molecule has 0 radical (unpaired) electrons. The Morgan fingerprint density at radius 2 is 1.97 bits per heavy atom. The summed E-state index contributed by atoms with van der Waals surface area (Å²) in [4.78, 5) is 15.9. The predicted molar refractivity (Wildman–Crippen MR) is 114 cm³/mol. The minimum absolute atomic E-state index is 0.122. The van der Waals surface area contributed by atoms with Crippen molar-refractivity contribution in [3.05, 3.63) is 65.8 Å². The lowest BCUT2D eigenvalue weighted by Crippen LogP contribution is -2.07. The number of hydrogen-bond donors (Lipinski definition) is 1. The zero-order valence-electron chi connectivity index (χ0n) is 16.8. The van der Waals surface area contributed by atoms with Gasteiger partial charge in [-0.05, 0) is 37.6 Å². The Kier molecular flexibility index (Phi) is 5.62. The Hall–Kier alpha value is -3.46. The van der Waals surface area contributed by atoms with Gasteiger partial charge < -0.3 is 9.84 Å². The second-order valence-corrected chi connectivity index (χ2v) is 7.65. The van der Waals surface area contributed by atoms with Gasteiger partial charge in [-0.15, -0.1) is 10.2 Å². The Bertz CT molecular complexity index is 1200. The van der Waals surface area contributed by atoms with Gasteiger partial charge in [0.05, 0.1) is 11.4 Å². The van der Waals surface area contributed by atoms with E-state index in [1.807, 2.05) is 66.9 Å². The topological polar surface area (TPSA) is 98.7 Å². The van der Waals surface area contributed by atoms with E-state index in [-0.39, 0.29) is 5.91 Å². The third-order valence-electron chi connectivity index (χ3n) is 4.40. The van der Waals surface area contributed by atoms with Crippen LogP contribution in [0.15, 0.2) is 58.2 Å². The van der Waals surface area contributed by atoms with Crippen molar-refractivity contribution in [1.29, 1.82) is 0 Å². The van der Waals surface area contributed by atoms with Crippen molar-refractivity contribution in [3.8, 4) is 17.1 Å². The number of thioether (sulfide) groups is 1. The van der Waals surface area contributed by atoms with E-state index in [0.29, 0.717) is 28.3 Å². The molecule has 8 nitrogen and oxygen atoms in total. The van der Waals surface area contributed by atoms with Gasteiger partial charge in [-0.2, -0.15) is 4.98 Å². The van der Waals surface area contributed by atoms with Gasteiger partial charge in [0.25, 0.3) is 0 Å². The average Bonchev–Trinajstić information content (AvgIpc) is 3.33. The molecule has 2 heterocycles. The molecule has 1 N–H and O–H groups in total. The van der Waals surface area contributed by atoms with Gasteiger partial charge in [0, 0.05) is 18.2 Å². The SMILES string of the molecule is CC(=O)Nc1cccc(-n2c(C)nnc2SCc2nc(-c3ccccc3C)no2)c1. The smallest absolute Gasteiger partial charge is 0.237 e. The molecular formula is C21H20N6O2S. The first kappa shape index (κ1) is 19.8. The summed E-state index contributed by atoms with van der Waals surface area (Å²) in [6.45, 7) is 5.37. The summed E-state index contributed by atoms with van der Waals surface area (Å²) < 4.78 is 7.35. The first-order chi connectivity index (χ1) is 14.5. The van der Waals surface area contributed by atoms with E-state index >= 15 is 0 Å². The molecule has 1 amide bonds. The first-order valence-electron chi connectivity index (χ1n) is 9.32. The number of hydrogen-bond acceptors (Lipinski definition) is 7. The minimum Gasteiger partial charge on any atom is -0.338 e. The zero-order chi connectivity index (χ0) is 21.1. The highest BCUT2D eigenvalue weighted by Crippen LogP contribution is 2.27. The van der Waals surface area contributed by atoms with Gasteiger partial charge in [-0.25, -0.2) is 0 Å². The maximum atomic E-state index is 11.4. The van der Waals surface area contributed by atoms with Crippen molar-refractivity contribution in [2.45, 2.75) is 31.7 Å². The summed E-state index contributed by atoms with van der Waals surface area (Å²) in [7, 11) is 0. The lowest BCUT2D eigenvalue weighted by atomic mass is 10.1. The van der Waals surface area contributed by atoms with Crippen LogP contribution in [0.1, 0.15) is 24.2 Å². The molecule has 4 rings (SSSR count). The molecule has 0 saturated heterocycles. The van der Waals surface area contributed by atoms with E-state index in [1.165, 1.54) is 18.7 Å². The highest BCUT2D eigenvalue weighted by molar-refractivity contribution is 7.98. The maximum Gasteiger partial charge on any atom is 0.237 e. The zero-order valence-corrected chi connectivity index (χ0v) is 17.6. The van der Waals surface area contributed by atoms with Gasteiger partial charge >= 0.3 is 0 Å². The highest BCUT2D eigenvalue weighted by atomic mass is 32.2. The number of aryl methyl sites for hydroxylation is 2. The summed E-state index contributed by atoms with van der Waals surface area (Å²) in [5.41, 5.74) is 3.61. The van der Waals surface area contributed by atoms with Crippen molar-refractivity contribution in [3.63, 3.8) is 0 Å². The molecule has 152 valence electrons. The van der Waals surface area contributed by atoms with Crippen LogP contribution in [-0.4, -0.2) is 30.8 Å². The molecular weight excluding hydrogens is 400 g/mol. The Balaban J connectivity index is 1.54. The average molecular weight is 420 g/mol. The summed E-state index contributed by atoms with van der Waals surface area (Å²) >= 11 is 1.45. The van der Waals surface area contributed by atoms with Crippen LogP contribution >= 0.6 is 11.8 Å². The predicted octanol–water partition coefficient (Wildman–Crippen LogP) is 4.18. The number of aromatic nitrogens is 5. The lowest BCUT2D eigenvalue weighted by molar-refractivity contribution is -0.114. The maximum absolute atomic E-state index is 11.4. The van der Waals surface area contributed by atoms with Crippen LogP contribution in [0, 0.1) is 13.8 Å². The van der Waals surface area contributed by atoms with E-state index in [9.17, 15) is 4.79 Å². The van der Waals surface area contributed by atoms with Crippen LogP contribution in [-0.2, 0) is 10.5 Å². The van der Waals surface area contributed by atoms with Gasteiger partial charge in [0.2, 0.25) is 17.6 Å². The molecule has 0 aliphatic rings. The highest BCUT2D eigenvalue weighted by Gasteiger charge is 2.15. The van der Waals surface area contributed by atoms with Gasteiger partial charge in [0.1, 0.15) is 5.82 Å². The number of nitrogens with zero attached hydrogens (tertiary/aromatic N) is 5. The van der Waals surface area contributed by atoms with Crippen molar-refractivity contribution in [1.82, 2.24) is 24.9 Å². The molecule has 0 aliphatic heterocycles. The Morgan fingerprint density at radius 3 is 2.77 bits per heavy atom. The van der Waals surface area contributed by atoms with Crippen molar-refractivity contribution in [2.24, 2.45) is 0 Å². The minimum atomic E-state index is -0.122. The second-order valence-electron chi connectivity index (χ2n) is 6.71. The molecule has 0 bridgehead atoms. The van der Waals surface area contributed by atoms with E-state index < -0.39 is 0 Å². The van der Waals surface area contributed by atoms with Crippen molar-refractivity contribution in [2.75, 3.05) is 5.32 Å². The molecule has 9 heteroatoms. The third-order valence-corrected chi connectivity index (χ3v) is 5.31. The van der Waals surface area contributed by atoms with Crippen LogP contribution in [0.2, 0.25) is 0 Å². The molecule has 2 aromatic carbocycles. The standard InChI is InChI=1S/C21H20N6O2S/c1-13-7-4-5-10-18(13)20-23-19(29-26-20)12-30-21-25-24-14(2)27(21)17-9-6-8-16(11-17)22-15(3)28/h4-11H,12H2,1-3H3,(H,22,28). The molecule has 0 aliphatic carbocycles. The van der Waals surface area contributed by atoms with Crippen LogP contribution in [0.3, 0.4) is 0 Å². The molecule has 0 unspecified atom stereocenters. The number of anilines is 1. The molecule has 0 fully saturated rings. The molecule has 2 aromatic heterocycles. The quantitative estimate of drug-likeness (QED) is 0.467. The van der Waals surface area contributed by atoms with E-state index in [2.05, 4.69) is 25.7 Å². The van der Waals surface area contributed by atoms with E-state index in [1.54, 1.807) is 0 Å². The van der Waals surface area contributed by atoms with Crippen molar-refractivity contribution < 1.29 is 9.32 Å². The number of carbonyl (C=O) groups is 1. The van der Waals surface area contributed by atoms with Crippen LogP contribution in [0.25, 0.3) is 17.1 Å². The van der Waals surface area contributed by atoms with E-state index in [4.69, 9.17) is 4.52 Å². The fraction of sp³-hybridized carbons (Fsp3) is 0.190.